The molecule has 0 bridgehead atoms. The lowest BCUT2D eigenvalue weighted by Crippen LogP contribution is -2.38. The van der Waals surface area contributed by atoms with Gasteiger partial charge in [-0.15, -0.1) is 0 Å². The zero-order valence-corrected chi connectivity index (χ0v) is 10.8. The van der Waals surface area contributed by atoms with E-state index in [-0.39, 0.29) is 6.04 Å². The van der Waals surface area contributed by atoms with Crippen LogP contribution >= 0.6 is 0 Å². The first-order valence-corrected chi connectivity index (χ1v) is 5.69. The molecule has 1 aromatic heterocycles. The van der Waals surface area contributed by atoms with Crippen molar-refractivity contribution < 1.29 is 9.53 Å². The van der Waals surface area contributed by atoms with E-state index in [9.17, 15) is 4.79 Å². The van der Waals surface area contributed by atoms with E-state index in [0.717, 1.165) is 5.56 Å². The molecule has 96 valence electrons. The highest BCUT2D eigenvalue weighted by atomic mass is 16.6. The molecule has 1 aromatic rings. The van der Waals surface area contributed by atoms with Gasteiger partial charge in [-0.05, 0) is 39.4 Å². The van der Waals surface area contributed by atoms with E-state index in [2.05, 4.69) is 15.6 Å². The van der Waals surface area contributed by atoms with Crippen LogP contribution in [0.3, 0.4) is 0 Å². The fraction of sp³-hybridized carbons (Fsp3) is 0.583. The second-order valence-electron chi connectivity index (χ2n) is 4.90. The van der Waals surface area contributed by atoms with Gasteiger partial charge < -0.3 is 20.4 Å². The monoisotopic (exact) mass is 239 g/mol. The van der Waals surface area contributed by atoms with Crippen molar-refractivity contribution in [1.29, 1.82) is 0 Å². The largest absolute Gasteiger partial charge is 0.444 e. The molecule has 0 aliphatic heterocycles. The molecule has 0 aliphatic carbocycles. The number of aromatic nitrogens is 1. The summed E-state index contributed by atoms with van der Waals surface area (Å²) in [5, 5.41) is 5.87. The van der Waals surface area contributed by atoms with Crippen molar-refractivity contribution in [2.45, 2.75) is 32.4 Å². The van der Waals surface area contributed by atoms with E-state index >= 15 is 0 Å². The Morgan fingerprint density at radius 1 is 1.53 bits per heavy atom. The van der Waals surface area contributed by atoms with E-state index in [1.54, 1.807) is 0 Å². The van der Waals surface area contributed by atoms with Crippen LogP contribution in [0.2, 0.25) is 0 Å². The van der Waals surface area contributed by atoms with E-state index in [0.29, 0.717) is 6.54 Å². The molecule has 1 unspecified atom stereocenters. The molecule has 1 rings (SSSR count). The van der Waals surface area contributed by atoms with Crippen LogP contribution in [-0.4, -0.2) is 30.3 Å². The molecule has 5 heteroatoms. The summed E-state index contributed by atoms with van der Waals surface area (Å²) < 4.78 is 5.22. The summed E-state index contributed by atoms with van der Waals surface area (Å²) in [5.41, 5.74) is 0.539. The number of rotatable bonds is 4. The van der Waals surface area contributed by atoms with Gasteiger partial charge in [-0.2, -0.15) is 0 Å². The van der Waals surface area contributed by atoms with Gasteiger partial charge in [-0.25, -0.2) is 4.79 Å². The van der Waals surface area contributed by atoms with Gasteiger partial charge in [0, 0.05) is 18.9 Å². The fourth-order valence-corrected chi connectivity index (χ4v) is 1.46. The number of likely N-dealkylation sites (N-methyl/N-ethyl adjacent to an activating group) is 1. The Hall–Kier alpha value is -1.49. The quantitative estimate of drug-likeness (QED) is 0.750. The van der Waals surface area contributed by atoms with Crippen LogP contribution in [-0.2, 0) is 4.74 Å². The van der Waals surface area contributed by atoms with Gasteiger partial charge in [0.15, 0.2) is 0 Å². The van der Waals surface area contributed by atoms with Gasteiger partial charge in [0.05, 0.1) is 6.04 Å². The normalized spacial score (nSPS) is 13.2. The second-order valence-corrected chi connectivity index (χ2v) is 4.90. The van der Waals surface area contributed by atoms with Gasteiger partial charge in [0.1, 0.15) is 5.60 Å². The van der Waals surface area contributed by atoms with Crippen molar-refractivity contribution in [1.82, 2.24) is 15.6 Å². The number of hydrogen-bond acceptors (Lipinski definition) is 3. The van der Waals surface area contributed by atoms with Crippen molar-refractivity contribution in [3.05, 3.63) is 24.0 Å². The minimum atomic E-state index is -0.480. The van der Waals surface area contributed by atoms with E-state index < -0.39 is 11.7 Å². The molecule has 0 spiro atoms. The summed E-state index contributed by atoms with van der Waals surface area (Å²) >= 11 is 0. The summed E-state index contributed by atoms with van der Waals surface area (Å²) in [6, 6.07) is 1.83. The Balaban J connectivity index is 2.59. The Morgan fingerprint density at radius 3 is 2.71 bits per heavy atom. The molecule has 5 nitrogen and oxygen atoms in total. The molecule has 0 fully saturated rings. The summed E-state index contributed by atoms with van der Waals surface area (Å²) in [6.45, 7) is 6.18. The lowest BCUT2D eigenvalue weighted by atomic mass is 10.1. The minimum absolute atomic E-state index is 0.0962. The first-order chi connectivity index (χ1) is 7.92. The molecular formula is C12H21N3O2. The maximum absolute atomic E-state index is 11.7. The first-order valence-electron chi connectivity index (χ1n) is 5.69. The first kappa shape index (κ1) is 13.6. The van der Waals surface area contributed by atoms with Crippen LogP contribution < -0.4 is 10.6 Å². The molecule has 17 heavy (non-hydrogen) atoms. The van der Waals surface area contributed by atoms with Gasteiger partial charge >= 0.3 is 6.09 Å². The molecule has 1 atom stereocenters. The third kappa shape index (κ3) is 4.91. The van der Waals surface area contributed by atoms with Gasteiger partial charge in [-0.3, -0.25) is 0 Å². The molecule has 1 heterocycles. The van der Waals surface area contributed by atoms with Gasteiger partial charge in [0.2, 0.25) is 0 Å². The number of nitrogens with one attached hydrogen (secondary N) is 3. The summed E-state index contributed by atoms with van der Waals surface area (Å²) in [6.07, 6.45) is 3.28. The Labute approximate surface area is 102 Å². The highest BCUT2D eigenvalue weighted by Gasteiger charge is 2.20. The maximum atomic E-state index is 11.7. The van der Waals surface area contributed by atoms with Crippen LogP contribution in [0.4, 0.5) is 4.79 Å². The molecule has 0 saturated heterocycles. The Kier molecular flexibility index (Phi) is 4.57. The van der Waals surface area contributed by atoms with Gasteiger partial charge in [-0.1, -0.05) is 0 Å². The van der Waals surface area contributed by atoms with Crippen molar-refractivity contribution in [2.24, 2.45) is 0 Å². The highest BCUT2D eigenvalue weighted by molar-refractivity contribution is 5.68. The molecule has 3 N–H and O–H groups in total. The van der Waals surface area contributed by atoms with Crippen LogP contribution in [0.1, 0.15) is 32.4 Å². The van der Waals surface area contributed by atoms with Crippen LogP contribution in [0.25, 0.3) is 0 Å². The third-order valence-electron chi connectivity index (χ3n) is 2.12. The second kappa shape index (κ2) is 5.72. The average Bonchev–Trinajstić information content (AvgIpc) is 2.66. The molecule has 1 amide bonds. The predicted molar refractivity (Wildman–Crippen MR) is 66.8 cm³/mol. The van der Waals surface area contributed by atoms with E-state index in [1.165, 1.54) is 0 Å². The third-order valence-corrected chi connectivity index (χ3v) is 2.12. The Bertz CT molecular complexity index is 341. The number of amides is 1. The molecule has 0 aromatic carbocycles. The Morgan fingerprint density at radius 2 is 2.24 bits per heavy atom. The number of H-pyrrole nitrogens is 1. The number of aromatic amines is 1. The number of hydrogen-bond donors (Lipinski definition) is 3. The topological polar surface area (TPSA) is 66.2 Å². The summed E-state index contributed by atoms with van der Waals surface area (Å²) in [4.78, 5) is 14.6. The molecule has 0 radical (unpaired) electrons. The van der Waals surface area contributed by atoms with Crippen molar-refractivity contribution in [2.75, 3.05) is 13.6 Å². The molecular weight excluding hydrogens is 218 g/mol. The van der Waals surface area contributed by atoms with E-state index in [4.69, 9.17) is 4.74 Å². The van der Waals surface area contributed by atoms with Crippen LogP contribution in [0.5, 0.6) is 0 Å². The summed E-state index contributed by atoms with van der Waals surface area (Å²) in [7, 11) is 1.84. The van der Waals surface area contributed by atoms with E-state index in [1.807, 2.05) is 46.3 Å². The van der Waals surface area contributed by atoms with Gasteiger partial charge in [0.25, 0.3) is 0 Å². The molecule has 0 saturated carbocycles. The van der Waals surface area contributed by atoms with Crippen LogP contribution in [0, 0.1) is 0 Å². The lowest BCUT2D eigenvalue weighted by Gasteiger charge is -2.23. The number of carbonyl (C=O) groups excluding carboxylic acids is 1. The number of alkyl carbamates (subject to hydrolysis) is 1. The van der Waals surface area contributed by atoms with Crippen molar-refractivity contribution in [3.8, 4) is 0 Å². The average molecular weight is 239 g/mol. The highest BCUT2D eigenvalue weighted by Crippen LogP contribution is 2.13. The van der Waals surface area contributed by atoms with Crippen molar-refractivity contribution >= 4 is 6.09 Å². The maximum Gasteiger partial charge on any atom is 0.408 e. The van der Waals surface area contributed by atoms with Crippen LogP contribution in [0.15, 0.2) is 18.5 Å². The zero-order valence-electron chi connectivity index (χ0n) is 10.8. The summed E-state index contributed by atoms with van der Waals surface area (Å²) in [5.74, 6) is 0. The lowest BCUT2D eigenvalue weighted by molar-refractivity contribution is 0.0503. The predicted octanol–water partition coefficient (Wildman–Crippen LogP) is 1.80. The minimum Gasteiger partial charge on any atom is -0.444 e. The van der Waals surface area contributed by atoms with Crippen molar-refractivity contribution in [3.63, 3.8) is 0 Å². The standard InChI is InChI=1S/C12H21N3O2/c1-12(2,3)17-11(16)15-10(8-13-4)9-5-6-14-7-9/h5-7,10,13-14H,8H2,1-4H3,(H,15,16). The SMILES string of the molecule is CNCC(NC(=O)OC(C)(C)C)c1cc[nH]c1. The number of ether oxygens (including phenoxy) is 1. The zero-order chi connectivity index (χ0) is 12.9. The number of carbonyl (C=O) groups is 1. The fourth-order valence-electron chi connectivity index (χ4n) is 1.46. The molecule has 0 aliphatic rings. The smallest absolute Gasteiger partial charge is 0.408 e.